The lowest BCUT2D eigenvalue weighted by Crippen LogP contribution is -2.44. The molecule has 39 heavy (non-hydrogen) atoms. The molecule has 1 N–H and O–H groups in total. The molecule has 7 heteroatoms. The minimum atomic E-state index is 0.576. The first kappa shape index (κ1) is 24.7. The molecule has 0 aliphatic carbocycles. The molecule has 0 amide bonds. The van der Waals surface area contributed by atoms with E-state index in [2.05, 4.69) is 75.7 Å². The average molecular weight is 514 g/mol. The Kier molecular flexibility index (Phi) is 7.23. The number of rotatable bonds is 7. The Morgan fingerprint density at radius 3 is 2.18 bits per heavy atom. The van der Waals surface area contributed by atoms with Crippen molar-refractivity contribution in [2.45, 2.75) is 6.54 Å². The molecule has 2 aromatic carbocycles. The molecule has 6 rings (SSSR count). The monoisotopic (exact) mass is 513 g/mol. The van der Waals surface area contributed by atoms with Crippen LogP contribution in [0.2, 0.25) is 0 Å². The molecule has 3 aromatic heterocycles. The van der Waals surface area contributed by atoms with Gasteiger partial charge in [0.05, 0.1) is 11.4 Å². The summed E-state index contributed by atoms with van der Waals surface area (Å²) in [5, 5.41) is 3.45. The highest BCUT2D eigenvalue weighted by Crippen LogP contribution is 2.27. The third-order valence-electron chi connectivity index (χ3n) is 7.03. The number of piperazine rings is 1. The molecule has 5 aromatic rings. The van der Waals surface area contributed by atoms with Crippen molar-refractivity contribution >= 4 is 11.5 Å². The van der Waals surface area contributed by atoms with Crippen LogP contribution in [-0.4, -0.2) is 58.1 Å². The number of aromatic nitrogens is 4. The number of hydrogen-bond acceptors (Lipinski definition) is 7. The molecule has 0 bridgehead atoms. The maximum Gasteiger partial charge on any atom is 0.180 e. The zero-order valence-electron chi connectivity index (χ0n) is 22.0. The molecule has 1 aliphatic rings. The lowest BCUT2D eigenvalue weighted by Gasteiger charge is -2.34. The molecule has 0 atom stereocenters. The van der Waals surface area contributed by atoms with Crippen molar-refractivity contribution in [3.05, 3.63) is 109 Å². The van der Waals surface area contributed by atoms with Crippen LogP contribution in [0, 0.1) is 0 Å². The topological polar surface area (TPSA) is 70.1 Å². The summed E-state index contributed by atoms with van der Waals surface area (Å²) in [4.78, 5) is 23.7. The highest BCUT2D eigenvalue weighted by molar-refractivity contribution is 5.69. The first-order valence-corrected chi connectivity index (χ1v) is 13.3. The summed E-state index contributed by atoms with van der Waals surface area (Å²) < 4.78 is 0. The maximum atomic E-state index is 4.84. The maximum absolute atomic E-state index is 4.84. The van der Waals surface area contributed by atoms with Gasteiger partial charge in [-0.3, -0.25) is 9.97 Å². The van der Waals surface area contributed by atoms with Crippen molar-refractivity contribution in [2.75, 3.05) is 43.4 Å². The van der Waals surface area contributed by atoms with Crippen LogP contribution in [0.15, 0.2) is 103 Å². The van der Waals surface area contributed by atoms with E-state index in [0.29, 0.717) is 12.4 Å². The number of pyridine rings is 2. The molecule has 1 aliphatic heterocycles. The van der Waals surface area contributed by atoms with Gasteiger partial charge in [-0.2, -0.15) is 0 Å². The minimum Gasteiger partial charge on any atom is -0.369 e. The van der Waals surface area contributed by atoms with Crippen molar-refractivity contribution in [3.8, 4) is 34.0 Å². The Labute approximate surface area is 229 Å². The van der Waals surface area contributed by atoms with E-state index in [1.807, 2.05) is 48.7 Å². The second kappa shape index (κ2) is 11.4. The van der Waals surface area contributed by atoms with Crippen LogP contribution in [0.5, 0.6) is 0 Å². The fourth-order valence-corrected chi connectivity index (χ4v) is 4.71. The lowest BCUT2D eigenvalue weighted by molar-refractivity contribution is 0.313. The van der Waals surface area contributed by atoms with Crippen LogP contribution >= 0.6 is 0 Å². The average Bonchev–Trinajstić information content (AvgIpc) is 3.01. The van der Waals surface area contributed by atoms with Gasteiger partial charge in [0, 0.05) is 68.0 Å². The fourth-order valence-electron chi connectivity index (χ4n) is 4.71. The van der Waals surface area contributed by atoms with E-state index >= 15 is 0 Å². The van der Waals surface area contributed by atoms with E-state index in [9.17, 15) is 0 Å². The molecule has 1 fully saturated rings. The molecular formula is C32H31N7. The second-order valence-electron chi connectivity index (χ2n) is 9.79. The van der Waals surface area contributed by atoms with Gasteiger partial charge >= 0.3 is 0 Å². The fraction of sp³-hybridized carbons (Fsp3) is 0.188. The van der Waals surface area contributed by atoms with Crippen LogP contribution in [0.4, 0.5) is 11.5 Å². The third-order valence-corrected chi connectivity index (χ3v) is 7.03. The predicted molar refractivity (Wildman–Crippen MR) is 157 cm³/mol. The predicted octanol–water partition coefficient (Wildman–Crippen LogP) is 5.63. The summed E-state index contributed by atoms with van der Waals surface area (Å²) in [7, 11) is 2.18. The van der Waals surface area contributed by atoms with E-state index in [0.717, 1.165) is 60.2 Å². The largest absolute Gasteiger partial charge is 0.369 e. The van der Waals surface area contributed by atoms with Gasteiger partial charge in [0.25, 0.3) is 0 Å². The van der Waals surface area contributed by atoms with Crippen molar-refractivity contribution in [1.29, 1.82) is 0 Å². The van der Waals surface area contributed by atoms with Crippen molar-refractivity contribution in [1.82, 2.24) is 24.8 Å². The number of likely N-dealkylation sites (N-methyl/N-ethyl adjacent to an activating group) is 1. The molecule has 0 radical (unpaired) electrons. The van der Waals surface area contributed by atoms with Gasteiger partial charge in [-0.25, -0.2) is 9.97 Å². The third kappa shape index (κ3) is 5.94. The summed E-state index contributed by atoms with van der Waals surface area (Å²) in [5.41, 5.74) is 6.93. The standard InChI is InChI=1S/C32H31N7/c1-38-17-19-39(20-18-38)27-13-10-25(11-14-27)28-15-12-26(23-34-28)30-21-31(35-22-24-7-3-2-4-8-24)37-32(36-30)29-9-5-6-16-33-29/h2-16,21,23H,17-20,22H2,1H3,(H,35,36,37). The number of hydrogen-bond donors (Lipinski definition) is 1. The van der Waals surface area contributed by atoms with Gasteiger partial charge in [0.1, 0.15) is 11.5 Å². The smallest absolute Gasteiger partial charge is 0.180 e. The second-order valence-corrected chi connectivity index (χ2v) is 9.79. The molecule has 194 valence electrons. The van der Waals surface area contributed by atoms with Gasteiger partial charge in [-0.1, -0.05) is 48.5 Å². The molecule has 0 unspecified atom stereocenters. The van der Waals surface area contributed by atoms with Gasteiger partial charge in [0.2, 0.25) is 0 Å². The summed E-state index contributed by atoms with van der Waals surface area (Å²) in [6.45, 7) is 4.98. The number of nitrogens with one attached hydrogen (secondary N) is 1. The van der Waals surface area contributed by atoms with Crippen molar-refractivity contribution in [3.63, 3.8) is 0 Å². The summed E-state index contributed by atoms with van der Waals surface area (Å²) in [5.74, 6) is 1.32. The Bertz CT molecular complexity index is 1500. The minimum absolute atomic E-state index is 0.576. The zero-order chi connectivity index (χ0) is 26.4. The Balaban J connectivity index is 1.24. The van der Waals surface area contributed by atoms with Gasteiger partial charge < -0.3 is 15.1 Å². The summed E-state index contributed by atoms with van der Waals surface area (Å²) in [6.07, 6.45) is 3.64. The Hall–Kier alpha value is -4.62. The van der Waals surface area contributed by atoms with Crippen LogP contribution in [0.3, 0.4) is 0 Å². The highest BCUT2D eigenvalue weighted by atomic mass is 15.2. The van der Waals surface area contributed by atoms with Gasteiger partial charge in [0.15, 0.2) is 5.82 Å². The molecule has 0 saturated carbocycles. The van der Waals surface area contributed by atoms with E-state index in [1.165, 1.54) is 11.3 Å². The van der Waals surface area contributed by atoms with Crippen LogP contribution in [0.25, 0.3) is 34.0 Å². The van der Waals surface area contributed by atoms with E-state index in [-0.39, 0.29) is 0 Å². The SMILES string of the molecule is CN1CCN(c2ccc(-c3ccc(-c4cc(NCc5ccccc5)nc(-c5ccccn5)n4)cn3)cc2)CC1. The number of nitrogens with zero attached hydrogens (tertiary/aromatic N) is 6. The quantitative estimate of drug-likeness (QED) is 0.302. The van der Waals surface area contributed by atoms with E-state index < -0.39 is 0 Å². The Morgan fingerprint density at radius 1 is 0.692 bits per heavy atom. The number of anilines is 2. The molecule has 1 saturated heterocycles. The molecular weight excluding hydrogens is 482 g/mol. The van der Waals surface area contributed by atoms with Crippen LogP contribution in [-0.2, 0) is 6.54 Å². The Morgan fingerprint density at radius 2 is 1.46 bits per heavy atom. The van der Waals surface area contributed by atoms with Crippen LogP contribution < -0.4 is 10.2 Å². The lowest BCUT2D eigenvalue weighted by atomic mass is 10.1. The number of benzene rings is 2. The molecule has 4 heterocycles. The van der Waals surface area contributed by atoms with Crippen molar-refractivity contribution in [2.24, 2.45) is 0 Å². The van der Waals surface area contributed by atoms with Gasteiger partial charge in [-0.05, 0) is 49.0 Å². The first-order valence-electron chi connectivity index (χ1n) is 13.3. The normalized spacial score (nSPS) is 13.8. The first-order chi connectivity index (χ1) is 19.2. The van der Waals surface area contributed by atoms with Crippen LogP contribution in [0.1, 0.15) is 5.56 Å². The highest BCUT2D eigenvalue weighted by Gasteiger charge is 2.15. The van der Waals surface area contributed by atoms with Gasteiger partial charge in [-0.15, -0.1) is 0 Å². The van der Waals surface area contributed by atoms with E-state index in [1.54, 1.807) is 6.20 Å². The van der Waals surface area contributed by atoms with E-state index in [4.69, 9.17) is 15.0 Å². The molecule has 7 nitrogen and oxygen atoms in total. The summed E-state index contributed by atoms with van der Waals surface area (Å²) in [6, 6.07) is 30.8. The van der Waals surface area contributed by atoms with Crippen molar-refractivity contribution < 1.29 is 0 Å². The zero-order valence-corrected chi connectivity index (χ0v) is 22.0. The molecule has 0 spiro atoms. The summed E-state index contributed by atoms with van der Waals surface area (Å²) >= 11 is 0.